The number of rotatable bonds is 1. The van der Waals surface area contributed by atoms with Crippen LogP contribution in [0.25, 0.3) is 0 Å². The molecule has 11 heavy (non-hydrogen) atoms. The van der Waals surface area contributed by atoms with Crippen molar-refractivity contribution in [2.75, 3.05) is 0 Å². The van der Waals surface area contributed by atoms with E-state index < -0.39 is 0 Å². The van der Waals surface area contributed by atoms with Gasteiger partial charge in [-0.15, -0.1) is 0 Å². The van der Waals surface area contributed by atoms with Crippen LogP contribution in [0.3, 0.4) is 0 Å². The van der Waals surface area contributed by atoms with E-state index in [2.05, 4.69) is 47.4 Å². The summed E-state index contributed by atoms with van der Waals surface area (Å²) in [4.78, 5) is 0. The van der Waals surface area contributed by atoms with Crippen molar-refractivity contribution in [3.63, 3.8) is 0 Å². The molecule has 0 nitrogen and oxygen atoms in total. The maximum Gasteiger partial charge on any atom is -0.0169 e. The first-order chi connectivity index (χ1) is 4.84. The van der Waals surface area contributed by atoms with Crippen LogP contribution in [0.5, 0.6) is 0 Å². The normalized spacial score (nSPS) is 13.8. The highest BCUT2D eigenvalue weighted by Crippen LogP contribution is 2.26. The Morgan fingerprint density at radius 1 is 1.09 bits per heavy atom. The molecule has 0 rings (SSSR count). The molecule has 0 aromatic carbocycles. The predicted molar refractivity (Wildman–Crippen MR) is 56.5 cm³/mol. The van der Waals surface area contributed by atoms with Crippen LogP contribution in [0.15, 0.2) is 11.4 Å². The van der Waals surface area contributed by atoms with Gasteiger partial charge in [-0.2, -0.15) is 0 Å². The average molecular weight is 170 g/mol. The highest BCUT2D eigenvalue weighted by atomic mass is 31.1. The Morgan fingerprint density at radius 3 is 1.82 bits per heavy atom. The molecule has 0 fully saturated rings. The van der Waals surface area contributed by atoms with Crippen LogP contribution in [-0.2, 0) is 0 Å². The highest BCUT2D eigenvalue weighted by molar-refractivity contribution is 7.43. The Hall–Kier alpha value is -0.0900. The molecule has 64 valence electrons. The van der Waals surface area contributed by atoms with Crippen molar-refractivity contribution in [3.05, 3.63) is 11.4 Å². The lowest BCUT2D eigenvalue weighted by Crippen LogP contribution is -2.05. The molecule has 0 atom stereocenters. The molecule has 0 aliphatic carbocycles. The lowest BCUT2D eigenvalue weighted by molar-refractivity contribution is 0.505. The molecule has 0 aliphatic heterocycles. The van der Waals surface area contributed by atoms with Crippen molar-refractivity contribution in [1.29, 1.82) is 0 Å². The van der Waals surface area contributed by atoms with Crippen LogP contribution in [0, 0.1) is 5.41 Å². The lowest BCUT2D eigenvalue weighted by atomic mass is 9.89. The number of allylic oxidation sites excluding steroid dienone is 1. The first kappa shape index (κ1) is 10.9. The Bertz CT molecular complexity index is 176. The molecule has 0 aromatic heterocycles. The molecule has 0 spiro atoms. The summed E-state index contributed by atoms with van der Waals surface area (Å²) in [6.07, 6.45) is 0. The van der Waals surface area contributed by atoms with Crippen molar-refractivity contribution >= 4 is 13.5 Å². The molecular formula is C10H19P. The summed E-state index contributed by atoms with van der Waals surface area (Å²) in [7, 11) is 1.36. The van der Waals surface area contributed by atoms with E-state index in [1.54, 1.807) is 0 Å². The summed E-state index contributed by atoms with van der Waals surface area (Å²) in [5.41, 5.74) is 1.81. The zero-order valence-corrected chi connectivity index (χ0v) is 9.42. The van der Waals surface area contributed by atoms with E-state index in [0.29, 0.717) is 5.41 Å². The van der Waals surface area contributed by atoms with Gasteiger partial charge in [0.25, 0.3) is 0 Å². The fourth-order valence-corrected chi connectivity index (χ4v) is 1.26. The van der Waals surface area contributed by atoms with Crippen LogP contribution >= 0.6 is 8.20 Å². The van der Waals surface area contributed by atoms with E-state index in [0.717, 1.165) is 0 Å². The Morgan fingerprint density at radius 2 is 1.55 bits per heavy atom. The van der Waals surface area contributed by atoms with Gasteiger partial charge < -0.3 is 0 Å². The van der Waals surface area contributed by atoms with Gasteiger partial charge in [-0.25, -0.2) is 0 Å². The zero-order chi connectivity index (χ0) is 9.07. The van der Waals surface area contributed by atoms with Crippen LogP contribution in [0.2, 0.25) is 0 Å². The van der Waals surface area contributed by atoms with Crippen molar-refractivity contribution in [2.24, 2.45) is 5.41 Å². The molecule has 0 saturated heterocycles. The van der Waals surface area contributed by atoms with Gasteiger partial charge in [-0.1, -0.05) is 34.5 Å². The van der Waals surface area contributed by atoms with Gasteiger partial charge in [0.15, 0.2) is 0 Å². The van der Waals surface area contributed by atoms with Gasteiger partial charge in [-0.3, -0.25) is 0 Å². The quantitative estimate of drug-likeness (QED) is 0.520. The predicted octanol–water partition coefficient (Wildman–Crippen LogP) is 4.09. The number of hydrogen-bond acceptors (Lipinski definition) is 0. The average Bonchev–Trinajstić information content (AvgIpc) is 1.80. The highest BCUT2D eigenvalue weighted by Gasteiger charge is 2.10. The molecule has 0 bridgehead atoms. The van der Waals surface area contributed by atoms with Gasteiger partial charge in [0.1, 0.15) is 0 Å². The first-order valence-electron chi connectivity index (χ1n) is 4.02. The molecule has 0 aromatic rings. The maximum absolute atomic E-state index is 2.30. The fourth-order valence-electron chi connectivity index (χ4n) is 0.420. The van der Waals surface area contributed by atoms with Gasteiger partial charge in [-0.05, 0) is 37.3 Å². The van der Waals surface area contributed by atoms with Gasteiger partial charge in [0.2, 0.25) is 0 Å². The van der Waals surface area contributed by atoms with Crippen molar-refractivity contribution in [2.45, 2.75) is 41.5 Å². The zero-order valence-electron chi connectivity index (χ0n) is 8.52. The summed E-state index contributed by atoms with van der Waals surface area (Å²) in [6.45, 7) is 13.3. The monoisotopic (exact) mass is 170 g/mol. The minimum absolute atomic E-state index is 0.336. The summed E-state index contributed by atoms with van der Waals surface area (Å²) < 4.78 is 0. The third-order valence-corrected chi connectivity index (χ3v) is 2.73. The fraction of sp³-hybridized carbons (Fsp3) is 0.700. The van der Waals surface area contributed by atoms with E-state index in [4.69, 9.17) is 0 Å². The molecule has 0 radical (unpaired) electrons. The van der Waals surface area contributed by atoms with E-state index >= 15 is 0 Å². The largest absolute Gasteiger partial charge is 0.0780 e. The molecular weight excluding hydrogens is 151 g/mol. The van der Waals surface area contributed by atoms with Crippen molar-refractivity contribution in [3.8, 4) is 0 Å². The second-order valence-corrected chi connectivity index (χ2v) is 5.55. The third kappa shape index (κ3) is 5.21. The summed E-state index contributed by atoms with van der Waals surface area (Å²) in [5, 5.41) is 1.45. The van der Waals surface area contributed by atoms with Gasteiger partial charge in [0, 0.05) is 0 Å². The molecule has 0 aliphatic rings. The van der Waals surface area contributed by atoms with E-state index in [9.17, 15) is 0 Å². The third-order valence-electron chi connectivity index (χ3n) is 1.70. The van der Waals surface area contributed by atoms with E-state index in [-0.39, 0.29) is 0 Å². The molecule has 0 amide bonds. The summed E-state index contributed by atoms with van der Waals surface area (Å²) in [5.74, 6) is 2.30. The minimum atomic E-state index is 0.336. The standard InChI is InChI=1S/C10H19P/c1-8(2)11-7-9(3)10(4,5)6/h7H,1-6H3/b9-7+. The topological polar surface area (TPSA) is 0 Å². The Kier molecular flexibility index (Phi) is 4.03. The SMILES string of the molecule is CC(C)=P/C=C(\C)C(C)(C)C. The second-order valence-electron chi connectivity index (χ2n) is 4.14. The van der Waals surface area contributed by atoms with Crippen LogP contribution in [0.1, 0.15) is 41.5 Å². The Balaban J connectivity index is 4.36. The molecule has 0 N–H and O–H groups in total. The second kappa shape index (κ2) is 4.07. The van der Waals surface area contributed by atoms with Crippen molar-refractivity contribution < 1.29 is 0 Å². The molecule has 1 heteroatoms. The first-order valence-corrected chi connectivity index (χ1v) is 4.98. The van der Waals surface area contributed by atoms with Crippen LogP contribution in [0.4, 0.5) is 0 Å². The molecule has 0 saturated carbocycles. The van der Waals surface area contributed by atoms with Gasteiger partial charge in [0.05, 0.1) is 0 Å². The molecule has 0 heterocycles. The van der Waals surface area contributed by atoms with Crippen molar-refractivity contribution in [1.82, 2.24) is 0 Å². The smallest absolute Gasteiger partial charge is 0.0169 e. The number of hydrogen-bond donors (Lipinski definition) is 0. The minimum Gasteiger partial charge on any atom is -0.0780 e. The summed E-state index contributed by atoms with van der Waals surface area (Å²) >= 11 is 0. The maximum atomic E-state index is 2.30. The van der Waals surface area contributed by atoms with E-state index in [1.807, 2.05) is 0 Å². The summed E-state index contributed by atoms with van der Waals surface area (Å²) in [6, 6.07) is 0. The Labute approximate surface area is 72.5 Å². The van der Waals surface area contributed by atoms with Crippen LogP contribution < -0.4 is 0 Å². The molecule has 0 unspecified atom stereocenters. The van der Waals surface area contributed by atoms with Gasteiger partial charge >= 0.3 is 0 Å². The lowest BCUT2D eigenvalue weighted by Gasteiger charge is -2.18. The van der Waals surface area contributed by atoms with E-state index in [1.165, 1.54) is 19.1 Å². The van der Waals surface area contributed by atoms with Crippen LogP contribution in [-0.4, -0.2) is 5.29 Å².